The molecule has 1 rings (SSSR count). The van der Waals surface area contributed by atoms with Crippen molar-refractivity contribution >= 4 is 5.91 Å². The van der Waals surface area contributed by atoms with Gasteiger partial charge in [0.15, 0.2) is 0 Å². The molecule has 3 nitrogen and oxygen atoms in total. The topological polar surface area (TPSA) is 23.6 Å². The van der Waals surface area contributed by atoms with E-state index in [0.717, 1.165) is 37.9 Å². The zero-order valence-corrected chi connectivity index (χ0v) is 18.9. The fraction of sp³-hybridized carbons (Fsp3) is 0.955. The van der Waals surface area contributed by atoms with Gasteiger partial charge in [-0.25, -0.2) is 0 Å². The lowest BCUT2D eigenvalue weighted by molar-refractivity contribution is -0.133. The first-order valence-corrected chi connectivity index (χ1v) is 10.8. The summed E-state index contributed by atoms with van der Waals surface area (Å²) in [5.74, 6) is 1.79. The number of likely N-dealkylation sites (tertiary alicyclic amines) is 1. The summed E-state index contributed by atoms with van der Waals surface area (Å²) in [5.41, 5.74) is 0. The Morgan fingerprint density at radius 2 is 1.64 bits per heavy atom. The number of rotatable bonds is 8. The van der Waals surface area contributed by atoms with Gasteiger partial charge >= 0.3 is 0 Å². The van der Waals surface area contributed by atoms with Crippen molar-refractivity contribution in [3.05, 3.63) is 0 Å². The molecule has 25 heavy (non-hydrogen) atoms. The van der Waals surface area contributed by atoms with Crippen LogP contribution in [0.5, 0.6) is 0 Å². The standard InChI is InChI=1S/C11H25N.C9H17NO.C2H6/c1-6-8-12(5)11(7-2)9-10(3)4;1-8(2)7-10-6-4-3-5-9(10)11;1-2/h10-11H,6-9H2,1-5H3;8H,3-7H2,1-2H3;1-2H3. The number of carbonyl (C=O) groups excluding carboxylic acids is 1. The van der Waals surface area contributed by atoms with Crippen molar-refractivity contribution in [3.8, 4) is 0 Å². The molecule has 0 aromatic heterocycles. The first-order chi connectivity index (χ1) is 11.8. The fourth-order valence-electron chi connectivity index (χ4n) is 3.23. The van der Waals surface area contributed by atoms with E-state index in [-0.39, 0.29) is 0 Å². The Balaban J connectivity index is 0. The maximum atomic E-state index is 11.3. The van der Waals surface area contributed by atoms with Crippen LogP contribution in [-0.4, -0.2) is 48.4 Å². The smallest absolute Gasteiger partial charge is 0.222 e. The van der Waals surface area contributed by atoms with Crippen molar-refractivity contribution in [3.63, 3.8) is 0 Å². The highest BCUT2D eigenvalue weighted by Gasteiger charge is 2.17. The molecule has 1 fully saturated rings. The monoisotopic (exact) mass is 356 g/mol. The van der Waals surface area contributed by atoms with Gasteiger partial charge in [0.05, 0.1) is 0 Å². The zero-order chi connectivity index (χ0) is 19.8. The van der Waals surface area contributed by atoms with E-state index in [1.165, 1.54) is 32.2 Å². The Morgan fingerprint density at radius 3 is 2.04 bits per heavy atom. The first kappa shape index (κ1) is 26.7. The summed E-state index contributed by atoms with van der Waals surface area (Å²) < 4.78 is 0. The minimum atomic E-state index is 0.352. The van der Waals surface area contributed by atoms with Crippen LogP contribution in [-0.2, 0) is 4.79 Å². The van der Waals surface area contributed by atoms with Crippen LogP contribution in [0.25, 0.3) is 0 Å². The Hall–Kier alpha value is -0.570. The number of amides is 1. The summed E-state index contributed by atoms with van der Waals surface area (Å²) in [5, 5.41) is 0. The second kappa shape index (κ2) is 16.9. The molecule has 1 amide bonds. The van der Waals surface area contributed by atoms with Crippen LogP contribution in [0.3, 0.4) is 0 Å². The van der Waals surface area contributed by atoms with Crippen molar-refractivity contribution in [1.29, 1.82) is 0 Å². The summed E-state index contributed by atoms with van der Waals surface area (Å²) in [4.78, 5) is 15.7. The lowest BCUT2D eigenvalue weighted by atomic mass is 10.0. The van der Waals surface area contributed by atoms with Crippen LogP contribution < -0.4 is 0 Å². The highest BCUT2D eigenvalue weighted by Crippen LogP contribution is 2.13. The predicted octanol–water partition coefficient (Wildman–Crippen LogP) is 5.83. The molecule has 0 bridgehead atoms. The van der Waals surface area contributed by atoms with E-state index >= 15 is 0 Å². The van der Waals surface area contributed by atoms with E-state index < -0.39 is 0 Å². The third-order valence-corrected chi connectivity index (χ3v) is 4.42. The molecular formula is C22H48N2O. The molecule has 152 valence electrons. The average Bonchev–Trinajstić information content (AvgIpc) is 2.57. The van der Waals surface area contributed by atoms with Crippen LogP contribution in [0, 0.1) is 11.8 Å². The van der Waals surface area contributed by atoms with Crippen molar-refractivity contribution in [2.24, 2.45) is 11.8 Å². The van der Waals surface area contributed by atoms with Gasteiger partial charge in [-0.05, 0) is 57.5 Å². The largest absolute Gasteiger partial charge is 0.342 e. The van der Waals surface area contributed by atoms with Crippen LogP contribution in [0.15, 0.2) is 0 Å². The maximum Gasteiger partial charge on any atom is 0.222 e. The fourth-order valence-corrected chi connectivity index (χ4v) is 3.23. The van der Waals surface area contributed by atoms with E-state index in [1.54, 1.807) is 0 Å². The van der Waals surface area contributed by atoms with E-state index in [1.807, 2.05) is 18.7 Å². The van der Waals surface area contributed by atoms with Gasteiger partial charge in [0, 0.05) is 25.6 Å². The van der Waals surface area contributed by atoms with Crippen LogP contribution in [0.2, 0.25) is 0 Å². The van der Waals surface area contributed by atoms with Gasteiger partial charge in [0.2, 0.25) is 5.91 Å². The maximum absolute atomic E-state index is 11.3. The van der Waals surface area contributed by atoms with E-state index in [9.17, 15) is 4.79 Å². The molecule has 1 atom stereocenters. The zero-order valence-electron chi connectivity index (χ0n) is 18.9. The van der Waals surface area contributed by atoms with Gasteiger partial charge in [-0.1, -0.05) is 55.4 Å². The van der Waals surface area contributed by atoms with E-state index in [0.29, 0.717) is 11.8 Å². The number of hydrogen-bond acceptors (Lipinski definition) is 2. The minimum absolute atomic E-state index is 0.352. The third kappa shape index (κ3) is 14.3. The van der Waals surface area contributed by atoms with Gasteiger partial charge in [-0.15, -0.1) is 0 Å². The molecule has 0 aliphatic carbocycles. The molecule has 0 spiro atoms. The Morgan fingerprint density at radius 1 is 1.04 bits per heavy atom. The summed E-state index contributed by atoms with van der Waals surface area (Å²) in [6, 6.07) is 0.796. The Kier molecular flexibility index (Phi) is 18.0. The third-order valence-electron chi connectivity index (χ3n) is 4.42. The SMILES string of the molecule is CC.CC(C)CN1CCCCC1=O.CCCN(C)C(CC)CC(C)C. The molecule has 0 saturated carbocycles. The van der Waals surface area contributed by atoms with Gasteiger partial charge in [-0.3, -0.25) is 4.79 Å². The Bertz CT molecular complexity index is 302. The molecule has 0 radical (unpaired) electrons. The minimum Gasteiger partial charge on any atom is -0.342 e. The first-order valence-electron chi connectivity index (χ1n) is 10.8. The highest BCUT2D eigenvalue weighted by atomic mass is 16.2. The number of carbonyl (C=O) groups is 1. The number of piperidine rings is 1. The molecular weight excluding hydrogens is 308 g/mol. The van der Waals surface area contributed by atoms with Crippen LogP contribution >= 0.6 is 0 Å². The van der Waals surface area contributed by atoms with Crippen molar-refractivity contribution in [1.82, 2.24) is 9.80 Å². The number of hydrogen-bond donors (Lipinski definition) is 0. The molecule has 1 aliphatic rings. The second-order valence-electron chi connectivity index (χ2n) is 7.86. The van der Waals surface area contributed by atoms with Gasteiger partial charge < -0.3 is 9.80 Å². The van der Waals surface area contributed by atoms with E-state index in [2.05, 4.69) is 53.5 Å². The van der Waals surface area contributed by atoms with Gasteiger partial charge in [0.1, 0.15) is 0 Å². The van der Waals surface area contributed by atoms with Crippen molar-refractivity contribution < 1.29 is 4.79 Å². The average molecular weight is 357 g/mol. The predicted molar refractivity (Wildman–Crippen MR) is 113 cm³/mol. The van der Waals surface area contributed by atoms with Gasteiger partial charge in [-0.2, -0.15) is 0 Å². The summed E-state index contributed by atoms with van der Waals surface area (Å²) >= 11 is 0. The number of nitrogens with zero attached hydrogens (tertiary/aromatic N) is 2. The molecule has 0 N–H and O–H groups in total. The molecule has 0 aromatic rings. The second-order valence-corrected chi connectivity index (χ2v) is 7.86. The molecule has 1 unspecified atom stereocenters. The molecule has 1 saturated heterocycles. The molecule has 1 heterocycles. The quantitative estimate of drug-likeness (QED) is 0.546. The van der Waals surface area contributed by atoms with E-state index in [4.69, 9.17) is 0 Å². The van der Waals surface area contributed by atoms with Gasteiger partial charge in [0.25, 0.3) is 0 Å². The summed E-state index contributed by atoms with van der Waals surface area (Å²) in [6.45, 7) is 20.6. The Labute approximate surface area is 159 Å². The lowest BCUT2D eigenvalue weighted by Gasteiger charge is -2.28. The van der Waals surface area contributed by atoms with Crippen molar-refractivity contribution in [2.75, 3.05) is 26.7 Å². The van der Waals surface area contributed by atoms with Crippen LogP contribution in [0.1, 0.15) is 93.9 Å². The summed E-state index contributed by atoms with van der Waals surface area (Å²) in [7, 11) is 2.25. The molecule has 0 aromatic carbocycles. The van der Waals surface area contributed by atoms with Crippen molar-refractivity contribution in [2.45, 2.75) is 100.0 Å². The lowest BCUT2D eigenvalue weighted by Crippen LogP contribution is -2.37. The molecule has 3 heteroatoms. The highest BCUT2D eigenvalue weighted by molar-refractivity contribution is 5.76. The van der Waals surface area contributed by atoms with Crippen LogP contribution in [0.4, 0.5) is 0 Å². The summed E-state index contributed by atoms with van der Waals surface area (Å²) in [6.07, 6.45) is 6.95. The molecule has 1 aliphatic heterocycles. The normalized spacial score (nSPS) is 15.7.